The molecule has 32 heavy (non-hydrogen) atoms. The van der Waals surface area contributed by atoms with E-state index in [0.717, 1.165) is 37.6 Å². The first kappa shape index (κ1) is 23.9. The van der Waals surface area contributed by atoms with Crippen molar-refractivity contribution in [2.45, 2.75) is 62.9 Å². The van der Waals surface area contributed by atoms with Gasteiger partial charge in [-0.1, -0.05) is 37.7 Å². The Morgan fingerprint density at radius 1 is 1.22 bits per heavy atom. The number of methoxy groups -OCH3 is 1. The predicted octanol–water partition coefficient (Wildman–Crippen LogP) is 3.80. The molecule has 1 aromatic heterocycles. The number of carbonyl (C=O) groups is 1. The van der Waals surface area contributed by atoms with Gasteiger partial charge in [-0.15, -0.1) is 10.2 Å². The van der Waals surface area contributed by atoms with Crippen LogP contribution in [0.2, 0.25) is 0 Å². The number of thioether (sulfide) groups is 1. The van der Waals surface area contributed by atoms with Crippen molar-refractivity contribution in [3.8, 4) is 17.5 Å². The summed E-state index contributed by atoms with van der Waals surface area (Å²) in [6, 6.07) is 9.97. The molecule has 0 bridgehead atoms. The summed E-state index contributed by atoms with van der Waals surface area (Å²) in [6.07, 6.45) is 3.44. The topological polar surface area (TPSA) is 96.1 Å². The number of benzene rings is 1. The van der Waals surface area contributed by atoms with Crippen LogP contribution in [0.1, 0.15) is 47.0 Å². The average molecular weight is 457 g/mol. The summed E-state index contributed by atoms with van der Waals surface area (Å²) in [5, 5.41) is 21.6. The Morgan fingerprint density at radius 2 is 1.91 bits per heavy atom. The maximum Gasteiger partial charge on any atom is 0.234 e. The minimum atomic E-state index is -0.929. The summed E-state index contributed by atoms with van der Waals surface area (Å²) in [7, 11) is 1.64. The fraction of sp³-hybridized carbons (Fsp3) is 0.565. The van der Waals surface area contributed by atoms with E-state index in [1.807, 2.05) is 49.6 Å². The second-order valence-electron chi connectivity index (χ2n) is 8.56. The third-order valence-corrected chi connectivity index (χ3v) is 7.05. The van der Waals surface area contributed by atoms with E-state index in [1.54, 1.807) is 14.0 Å². The lowest BCUT2D eigenvalue weighted by molar-refractivity contribution is -0.121. The van der Waals surface area contributed by atoms with Gasteiger partial charge >= 0.3 is 0 Å². The lowest BCUT2D eigenvalue weighted by Gasteiger charge is -2.29. The Bertz CT molecular complexity index is 979. The van der Waals surface area contributed by atoms with Gasteiger partial charge in [0, 0.05) is 13.1 Å². The van der Waals surface area contributed by atoms with Crippen LogP contribution in [0.3, 0.4) is 0 Å². The molecule has 172 valence electrons. The number of ether oxygens (including phenoxy) is 1. The van der Waals surface area contributed by atoms with Crippen molar-refractivity contribution in [1.82, 2.24) is 20.1 Å². The van der Waals surface area contributed by atoms with Crippen molar-refractivity contribution < 1.29 is 9.53 Å². The minimum absolute atomic E-state index is 0.0170. The summed E-state index contributed by atoms with van der Waals surface area (Å²) < 4.78 is 7.58. The monoisotopic (exact) mass is 456 g/mol. The molecule has 1 N–H and O–H groups in total. The van der Waals surface area contributed by atoms with Gasteiger partial charge in [-0.2, -0.15) is 5.26 Å². The number of para-hydroxylation sites is 2. The van der Waals surface area contributed by atoms with Crippen LogP contribution in [-0.4, -0.2) is 51.7 Å². The zero-order valence-corrected chi connectivity index (χ0v) is 20.3. The van der Waals surface area contributed by atoms with Crippen LogP contribution in [0.15, 0.2) is 29.4 Å². The van der Waals surface area contributed by atoms with Crippen LogP contribution < -0.4 is 15.0 Å². The second-order valence-corrected chi connectivity index (χ2v) is 9.86. The zero-order valence-electron chi connectivity index (χ0n) is 19.5. The van der Waals surface area contributed by atoms with Crippen LogP contribution in [0.25, 0.3) is 5.69 Å². The molecule has 1 aliphatic rings. The first-order valence-corrected chi connectivity index (χ1v) is 11.9. The van der Waals surface area contributed by atoms with E-state index < -0.39 is 10.8 Å². The minimum Gasteiger partial charge on any atom is -0.495 e. The molecular weight excluding hydrogens is 424 g/mol. The highest BCUT2D eigenvalue weighted by molar-refractivity contribution is 8.00. The number of hydrogen-bond acceptors (Lipinski definition) is 7. The molecule has 2 aromatic rings. The molecule has 2 atom stereocenters. The van der Waals surface area contributed by atoms with Gasteiger partial charge in [-0.25, -0.2) is 0 Å². The molecule has 8 nitrogen and oxygen atoms in total. The number of aromatic nitrogens is 3. The lowest BCUT2D eigenvalue weighted by Crippen LogP contribution is -2.51. The van der Waals surface area contributed by atoms with Crippen LogP contribution in [0, 0.1) is 17.2 Å². The Morgan fingerprint density at radius 3 is 2.53 bits per heavy atom. The first-order valence-electron chi connectivity index (χ1n) is 11.0. The van der Waals surface area contributed by atoms with E-state index in [4.69, 9.17) is 4.74 Å². The Balaban J connectivity index is 1.93. The van der Waals surface area contributed by atoms with Gasteiger partial charge in [-0.05, 0) is 51.2 Å². The Labute approximate surface area is 194 Å². The summed E-state index contributed by atoms with van der Waals surface area (Å²) >= 11 is 1.33. The molecule has 0 radical (unpaired) electrons. The highest BCUT2D eigenvalue weighted by Gasteiger charge is 2.33. The lowest BCUT2D eigenvalue weighted by atomic mass is 9.90. The van der Waals surface area contributed by atoms with Crippen molar-refractivity contribution in [1.29, 1.82) is 5.26 Å². The van der Waals surface area contributed by atoms with Crippen molar-refractivity contribution >= 4 is 23.6 Å². The molecule has 2 unspecified atom stereocenters. The third kappa shape index (κ3) is 5.01. The summed E-state index contributed by atoms with van der Waals surface area (Å²) in [5.41, 5.74) is -0.0963. The van der Waals surface area contributed by atoms with Gasteiger partial charge in [0.1, 0.15) is 11.3 Å². The molecule has 1 fully saturated rings. The molecule has 9 heteroatoms. The molecule has 1 saturated heterocycles. The first-order chi connectivity index (χ1) is 15.3. The number of piperidine rings is 1. The number of amides is 1. The van der Waals surface area contributed by atoms with Crippen molar-refractivity contribution in [3.63, 3.8) is 0 Å². The molecule has 0 aliphatic carbocycles. The normalized spacial score (nSPS) is 16.8. The highest BCUT2D eigenvalue weighted by Crippen LogP contribution is 2.34. The number of hydrogen-bond donors (Lipinski definition) is 1. The zero-order chi connectivity index (χ0) is 23.3. The summed E-state index contributed by atoms with van der Waals surface area (Å²) in [4.78, 5) is 15.2. The van der Waals surface area contributed by atoms with E-state index in [9.17, 15) is 10.1 Å². The predicted molar refractivity (Wildman–Crippen MR) is 126 cm³/mol. The van der Waals surface area contributed by atoms with E-state index in [2.05, 4.69) is 26.5 Å². The van der Waals surface area contributed by atoms with Crippen molar-refractivity contribution in [2.24, 2.45) is 5.92 Å². The van der Waals surface area contributed by atoms with Gasteiger partial charge < -0.3 is 15.0 Å². The molecule has 0 saturated carbocycles. The fourth-order valence-electron chi connectivity index (χ4n) is 3.53. The number of nitrogens with one attached hydrogen (secondary N) is 1. The fourth-order valence-corrected chi connectivity index (χ4v) is 4.39. The quantitative estimate of drug-likeness (QED) is 0.604. The van der Waals surface area contributed by atoms with Gasteiger partial charge in [0.05, 0.1) is 24.1 Å². The summed E-state index contributed by atoms with van der Waals surface area (Å²) in [6.45, 7) is 9.25. The smallest absolute Gasteiger partial charge is 0.234 e. The van der Waals surface area contributed by atoms with Crippen LogP contribution in [-0.2, 0) is 4.79 Å². The van der Waals surface area contributed by atoms with Crippen molar-refractivity contribution in [2.75, 3.05) is 25.1 Å². The van der Waals surface area contributed by atoms with Crippen LogP contribution >= 0.6 is 11.8 Å². The third-order valence-electron chi connectivity index (χ3n) is 6.00. The maximum atomic E-state index is 12.9. The maximum absolute atomic E-state index is 12.9. The van der Waals surface area contributed by atoms with E-state index >= 15 is 0 Å². The SMILES string of the molecule is COc1ccccc1-n1c(SC(C)C(=O)NC(C)(C#N)C(C)C)nnc1N1CCCCC1. The number of nitrogens with zero attached hydrogens (tertiary/aromatic N) is 5. The van der Waals surface area contributed by atoms with E-state index in [-0.39, 0.29) is 11.8 Å². The van der Waals surface area contributed by atoms with Crippen LogP contribution in [0.5, 0.6) is 5.75 Å². The second kappa shape index (κ2) is 10.3. The Hall–Kier alpha value is -2.73. The molecule has 1 aromatic carbocycles. The number of nitriles is 1. The molecule has 0 spiro atoms. The standard InChI is InChI=1S/C23H32N6O2S/c1-16(2)23(4,15-24)25-20(30)17(3)32-22-27-26-21(28-13-9-6-10-14-28)29(22)18-11-7-8-12-19(18)31-5/h7-8,11-12,16-17H,6,9-10,13-14H2,1-5H3,(H,25,30). The van der Waals surface area contributed by atoms with E-state index in [0.29, 0.717) is 10.9 Å². The van der Waals surface area contributed by atoms with Gasteiger partial charge in [-0.3, -0.25) is 9.36 Å². The van der Waals surface area contributed by atoms with Crippen LogP contribution in [0.4, 0.5) is 5.95 Å². The molecule has 1 aliphatic heterocycles. The summed E-state index contributed by atoms with van der Waals surface area (Å²) in [5.74, 6) is 1.24. The molecule has 2 heterocycles. The number of carbonyl (C=O) groups excluding carboxylic acids is 1. The molecule has 1 amide bonds. The molecular formula is C23H32N6O2S. The van der Waals surface area contributed by atoms with Gasteiger partial charge in [0.2, 0.25) is 11.9 Å². The van der Waals surface area contributed by atoms with Crippen molar-refractivity contribution in [3.05, 3.63) is 24.3 Å². The Kier molecular flexibility index (Phi) is 7.67. The number of anilines is 1. The van der Waals surface area contributed by atoms with E-state index in [1.165, 1.54) is 18.2 Å². The largest absolute Gasteiger partial charge is 0.495 e. The van der Waals surface area contributed by atoms with Gasteiger partial charge in [0.15, 0.2) is 5.16 Å². The average Bonchev–Trinajstić information content (AvgIpc) is 3.22. The van der Waals surface area contributed by atoms with Gasteiger partial charge in [0.25, 0.3) is 0 Å². The highest BCUT2D eigenvalue weighted by atomic mass is 32.2. The number of rotatable bonds is 8. The molecule has 3 rings (SSSR count).